The lowest BCUT2D eigenvalue weighted by atomic mass is 10.1. The van der Waals surface area contributed by atoms with E-state index in [0.717, 1.165) is 24.0 Å². The van der Waals surface area contributed by atoms with Crippen LogP contribution in [0.2, 0.25) is 5.02 Å². The molecule has 1 unspecified atom stereocenters. The summed E-state index contributed by atoms with van der Waals surface area (Å²) in [5.74, 6) is 0.297. The van der Waals surface area contributed by atoms with E-state index in [0.29, 0.717) is 42.3 Å². The van der Waals surface area contributed by atoms with Gasteiger partial charge in [-0.2, -0.15) is 0 Å². The van der Waals surface area contributed by atoms with Crippen LogP contribution >= 0.6 is 11.6 Å². The van der Waals surface area contributed by atoms with Crippen LogP contribution in [0.1, 0.15) is 48.2 Å². The molecular formula is C23H28ClN3O5S. The van der Waals surface area contributed by atoms with Gasteiger partial charge in [0.2, 0.25) is 0 Å². The minimum absolute atomic E-state index is 0.00304. The molecule has 0 aromatic heterocycles. The summed E-state index contributed by atoms with van der Waals surface area (Å²) in [4.78, 5) is 24.4. The first-order valence-corrected chi connectivity index (χ1v) is 12.7. The second kappa shape index (κ2) is 10.9. The molecule has 0 aliphatic carbocycles. The quantitative estimate of drug-likeness (QED) is 0.463. The van der Waals surface area contributed by atoms with Crippen LogP contribution in [0.25, 0.3) is 0 Å². The fraction of sp³-hybridized carbons (Fsp3) is 0.391. The van der Waals surface area contributed by atoms with Crippen molar-refractivity contribution >= 4 is 33.6 Å². The Bertz CT molecular complexity index is 1120. The number of hydrogen-bond acceptors (Lipinski definition) is 5. The molecule has 178 valence electrons. The SMILES string of the molecule is CCCCNC(=O)NS(=O)(=O)c1ccc(CCNC(=O)c2cc(Cl)cc3c2OC(C)C3)cc1. The van der Waals surface area contributed by atoms with Gasteiger partial charge in [-0.1, -0.05) is 37.1 Å². The van der Waals surface area contributed by atoms with Gasteiger partial charge in [-0.25, -0.2) is 17.9 Å². The second-order valence-corrected chi connectivity index (χ2v) is 10.1. The first-order valence-electron chi connectivity index (χ1n) is 10.9. The third-order valence-electron chi connectivity index (χ3n) is 5.18. The Kier molecular flexibility index (Phi) is 8.20. The van der Waals surface area contributed by atoms with E-state index in [2.05, 4.69) is 10.6 Å². The van der Waals surface area contributed by atoms with E-state index in [4.69, 9.17) is 16.3 Å². The van der Waals surface area contributed by atoms with E-state index >= 15 is 0 Å². The first kappa shape index (κ1) is 24.9. The van der Waals surface area contributed by atoms with Gasteiger partial charge in [-0.3, -0.25) is 4.79 Å². The highest BCUT2D eigenvalue weighted by atomic mass is 35.5. The average Bonchev–Trinajstić information content (AvgIpc) is 3.13. The van der Waals surface area contributed by atoms with Gasteiger partial charge in [0.05, 0.1) is 10.5 Å². The van der Waals surface area contributed by atoms with Crippen molar-refractivity contribution in [3.63, 3.8) is 0 Å². The molecule has 0 fully saturated rings. The highest BCUT2D eigenvalue weighted by molar-refractivity contribution is 7.90. The molecule has 0 saturated heterocycles. The van der Waals surface area contributed by atoms with Crippen LogP contribution in [0.15, 0.2) is 41.3 Å². The molecule has 1 aliphatic rings. The van der Waals surface area contributed by atoms with E-state index in [1.54, 1.807) is 18.2 Å². The third kappa shape index (κ3) is 6.61. The number of hydrogen-bond donors (Lipinski definition) is 3. The predicted octanol–water partition coefficient (Wildman–Crippen LogP) is 3.42. The molecule has 0 bridgehead atoms. The van der Waals surface area contributed by atoms with Crippen LogP contribution in [0, 0.1) is 0 Å². The van der Waals surface area contributed by atoms with Crippen molar-refractivity contribution in [2.24, 2.45) is 0 Å². The summed E-state index contributed by atoms with van der Waals surface area (Å²) in [6.45, 7) is 4.67. The van der Waals surface area contributed by atoms with Crippen LogP contribution in [0.4, 0.5) is 4.79 Å². The van der Waals surface area contributed by atoms with Gasteiger partial charge in [0.1, 0.15) is 11.9 Å². The van der Waals surface area contributed by atoms with E-state index in [-0.39, 0.29) is 16.9 Å². The standard InChI is InChI=1S/C23H28ClN3O5S/c1-3-4-10-26-23(29)27-33(30,31)19-7-5-16(6-8-19)9-11-25-22(28)20-14-18(24)13-17-12-15(2)32-21(17)20/h5-8,13-15H,3-4,9-12H2,1-2H3,(H,25,28)(H2,26,27,29). The zero-order valence-corrected chi connectivity index (χ0v) is 20.2. The number of carbonyl (C=O) groups excluding carboxylic acids is 2. The lowest BCUT2D eigenvalue weighted by molar-refractivity contribution is 0.0949. The topological polar surface area (TPSA) is 114 Å². The van der Waals surface area contributed by atoms with Crippen molar-refractivity contribution in [2.75, 3.05) is 13.1 Å². The van der Waals surface area contributed by atoms with E-state index < -0.39 is 16.1 Å². The average molecular weight is 494 g/mol. The molecule has 2 aromatic rings. The fourth-order valence-corrected chi connectivity index (χ4v) is 4.68. The second-order valence-electron chi connectivity index (χ2n) is 7.94. The first-order chi connectivity index (χ1) is 15.7. The number of amides is 3. The number of sulfonamides is 1. The largest absolute Gasteiger partial charge is 0.489 e. The molecule has 33 heavy (non-hydrogen) atoms. The maximum absolute atomic E-state index is 12.7. The number of fused-ring (bicyclic) bond motifs is 1. The molecule has 3 amide bonds. The normalized spacial score (nSPS) is 14.8. The number of unbranched alkanes of at least 4 members (excludes halogenated alkanes) is 1. The number of benzene rings is 2. The highest BCUT2D eigenvalue weighted by Gasteiger charge is 2.26. The number of carbonyl (C=O) groups is 2. The number of urea groups is 1. The van der Waals surface area contributed by atoms with E-state index in [1.165, 1.54) is 12.1 Å². The Morgan fingerprint density at radius 3 is 2.55 bits per heavy atom. The summed E-state index contributed by atoms with van der Waals surface area (Å²) in [7, 11) is -3.96. The number of ether oxygens (including phenoxy) is 1. The van der Waals surface area contributed by atoms with Gasteiger partial charge in [0, 0.05) is 30.1 Å². The fourth-order valence-electron chi connectivity index (χ4n) is 3.51. The van der Waals surface area contributed by atoms with Gasteiger partial charge in [0.25, 0.3) is 15.9 Å². The van der Waals surface area contributed by atoms with Crippen molar-refractivity contribution in [3.8, 4) is 5.75 Å². The number of halogens is 1. The van der Waals surface area contributed by atoms with E-state index in [9.17, 15) is 18.0 Å². The Hall–Kier alpha value is -2.78. The lowest BCUT2D eigenvalue weighted by Gasteiger charge is -2.11. The molecule has 3 rings (SSSR count). The smallest absolute Gasteiger partial charge is 0.328 e. The molecule has 2 aromatic carbocycles. The summed E-state index contributed by atoms with van der Waals surface area (Å²) in [5, 5.41) is 5.85. The third-order valence-corrected chi connectivity index (χ3v) is 6.74. The molecule has 8 nitrogen and oxygen atoms in total. The van der Waals surface area contributed by atoms with Crippen molar-refractivity contribution < 1.29 is 22.7 Å². The Morgan fingerprint density at radius 2 is 1.85 bits per heavy atom. The van der Waals surface area contributed by atoms with Gasteiger partial charge >= 0.3 is 6.03 Å². The molecule has 1 heterocycles. The summed E-state index contributed by atoms with van der Waals surface area (Å²) in [6.07, 6.45) is 2.86. The van der Waals surface area contributed by atoms with E-state index in [1.807, 2.05) is 24.6 Å². The number of nitrogens with one attached hydrogen (secondary N) is 3. The van der Waals surface area contributed by atoms with Crippen molar-refractivity contribution in [1.82, 2.24) is 15.4 Å². The van der Waals surface area contributed by atoms with Gasteiger partial charge in [-0.15, -0.1) is 0 Å². The monoisotopic (exact) mass is 493 g/mol. The van der Waals surface area contributed by atoms with Gasteiger partial charge in [0.15, 0.2) is 0 Å². The Morgan fingerprint density at radius 1 is 1.12 bits per heavy atom. The maximum atomic E-state index is 12.7. The van der Waals surface area contributed by atoms with Gasteiger partial charge in [-0.05, 0) is 49.6 Å². The van der Waals surface area contributed by atoms with Crippen LogP contribution in [0.5, 0.6) is 5.75 Å². The van der Waals surface area contributed by atoms with Gasteiger partial charge < -0.3 is 15.4 Å². The zero-order valence-electron chi connectivity index (χ0n) is 18.6. The van der Waals surface area contributed by atoms with Crippen LogP contribution in [-0.4, -0.2) is 39.5 Å². The summed E-state index contributed by atoms with van der Waals surface area (Å²) in [5.41, 5.74) is 2.17. The minimum Gasteiger partial charge on any atom is -0.489 e. The zero-order chi connectivity index (χ0) is 24.0. The Balaban J connectivity index is 1.54. The lowest BCUT2D eigenvalue weighted by Crippen LogP contribution is -2.39. The van der Waals surface area contributed by atoms with Crippen molar-refractivity contribution in [2.45, 2.75) is 50.5 Å². The molecule has 3 N–H and O–H groups in total. The summed E-state index contributed by atoms with van der Waals surface area (Å²) < 4.78 is 32.4. The van der Waals surface area contributed by atoms with Crippen LogP contribution in [-0.2, 0) is 22.9 Å². The van der Waals surface area contributed by atoms with Crippen LogP contribution in [0.3, 0.4) is 0 Å². The summed E-state index contributed by atoms with van der Waals surface area (Å²) >= 11 is 6.15. The molecule has 0 saturated carbocycles. The Labute approximate surface area is 199 Å². The number of rotatable bonds is 9. The molecule has 0 spiro atoms. The minimum atomic E-state index is -3.96. The molecular weight excluding hydrogens is 466 g/mol. The molecule has 1 atom stereocenters. The van der Waals surface area contributed by atoms with Crippen molar-refractivity contribution in [1.29, 1.82) is 0 Å². The maximum Gasteiger partial charge on any atom is 0.328 e. The molecule has 10 heteroatoms. The summed E-state index contributed by atoms with van der Waals surface area (Å²) in [6, 6.07) is 8.82. The van der Waals surface area contributed by atoms with Crippen LogP contribution < -0.4 is 20.1 Å². The molecule has 1 aliphatic heterocycles. The predicted molar refractivity (Wildman–Crippen MR) is 126 cm³/mol. The molecule has 0 radical (unpaired) electrons. The van der Waals surface area contributed by atoms with Crippen molar-refractivity contribution in [3.05, 3.63) is 58.1 Å². The highest BCUT2D eigenvalue weighted by Crippen LogP contribution is 2.35.